The zero-order valence-electron chi connectivity index (χ0n) is 23.2. The molecule has 0 aliphatic carbocycles. The van der Waals surface area contributed by atoms with E-state index in [1.807, 2.05) is 36.4 Å². The van der Waals surface area contributed by atoms with Gasteiger partial charge in [-0.15, -0.1) is 0 Å². The van der Waals surface area contributed by atoms with Crippen LogP contribution in [0.15, 0.2) is 60.7 Å². The number of carbonyl (C=O) groups is 2. The highest BCUT2D eigenvalue weighted by atomic mass is 16.4. The van der Waals surface area contributed by atoms with E-state index in [4.69, 9.17) is 0 Å². The van der Waals surface area contributed by atoms with E-state index in [0.717, 1.165) is 35.2 Å². The minimum atomic E-state index is -0.877. The number of benzene rings is 2. The summed E-state index contributed by atoms with van der Waals surface area (Å²) in [5.41, 5.74) is 1.25. The molecule has 0 spiro atoms. The molecular weight excluding hydrogens is 536 g/mol. The van der Waals surface area contributed by atoms with E-state index in [0.29, 0.717) is 49.8 Å². The number of fused-ring (bicyclic) bond motifs is 2. The van der Waals surface area contributed by atoms with Crippen molar-refractivity contribution in [2.24, 2.45) is 0 Å². The Morgan fingerprint density at radius 2 is 1.10 bits per heavy atom. The first kappa shape index (κ1) is 27.9. The highest BCUT2D eigenvalue weighted by Crippen LogP contribution is 2.40. The van der Waals surface area contributed by atoms with Crippen molar-refractivity contribution in [1.82, 2.24) is 19.8 Å². The second kappa shape index (κ2) is 10.8. The van der Waals surface area contributed by atoms with E-state index in [2.05, 4.69) is 19.8 Å². The van der Waals surface area contributed by atoms with Crippen LogP contribution >= 0.6 is 0 Å². The Hall–Kier alpha value is -4.28. The Bertz CT molecular complexity index is 1550. The van der Waals surface area contributed by atoms with Crippen molar-refractivity contribution in [3.05, 3.63) is 72.1 Å². The number of aliphatic carboxylic acids is 2. The number of rotatable bonds is 11. The Labute approximate surface area is 242 Å². The van der Waals surface area contributed by atoms with Crippen LogP contribution in [0.4, 0.5) is 0 Å². The van der Waals surface area contributed by atoms with E-state index in [1.54, 1.807) is 24.3 Å². The molecule has 0 amide bonds. The smallest absolute Gasteiger partial charge is 0.305 e. The van der Waals surface area contributed by atoms with Crippen LogP contribution in [-0.2, 0) is 22.4 Å². The van der Waals surface area contributed by atoms with Crippen molar-refractivity contribution in [3.63, 3.8) is 0 Å². The van der Waals surface area contributed by atoms with Gasteiger partial charge in [-0.3, -0.25) is 19.4 Å². The first-order valence-corrected chi connectivity index (χ1v) is 14.3. The van der Waals surface area contributed by atoms with Crippen LogP contribution in [0, 0.1) is 0 Å². The number of phenolic OH excluding ortho intramolecular Hbond substituents is 2. The number of aromatic nitrogens is 2. The maximum atomic E-state index is 12.0. The lowest BCUT2D eigenvalue weighted by Gasteiger charge is -2.56. The molecule has 2 aromatic heterocycles. The summed E-state index contributed by atoms with van der Waals surface area (Å²) >= 11 is 0. The van der Waals surface area contributed by atoms with Gasteiger partial charge in [-0.2, -0.15) is 0 Å². The molecule has 4 aromatic rings. The van der Waals surface area contributed by atoms with Gasteiger partial charge in [0.1, 0.15) is 22.5 Å². The summed E-state index contributed by atoms with van der Waals surface area (Å²) in [5, 5.41) is 41.9. The average molecular weight is 571 g/mol. The quantitative estimate of drug-likeness (QED) is 0.210. The lowest BCUT2D eigenvalue weighted by atomic mass is 9.76. The fourth-order valence-corrected chi connectivity index (χ4v) is 6.82. The molecule has 0 saturated carbocycles. The predicted octanol–water partition coefficient (Wildman–Crippen LogP) is 3.82. The van der Waals surface area contributed by atoms with Crippen molar-refractivity contribution < 1.29 is 30.0 Å². The summed E-state index contributed by atoms with van der Waals surface area (Å²) in [5.74, 6) is -1.57. The normalized spacial score (nSPS) is 22.6. The van der Waals surface area contributed by atoms with Crippen LogP contribution in [0.1, 0.15) is 37.1 Å². The molecule has 2 aromatic carbocycles. The molecule has 42 heavy (non-hydrogen) atoms. The number of nitrogens with zero attached hydrogens (tertiary/aromatic N) is 4. The SMILES string of the molecule is O=C(O)CC1(Cc2ccc3cccc(O)c3n2)CCN1CCN1CCC1(CC(=O)O)Cc1ccc2cccc(O)c2n1. The topological polar surface area (TPSA) is 147 Å². The van der Waals surface area contributed by atoms with Crippen molar-refractivity contribution >= 4 is 33.7 Å². The Balaban J connectivity index is 1.20. The number of aromatic hydroxyl groups is 2. The van der Waals surface area contributed by atoms with Crippen LogP contribution in [-0.4, -0.2) is 89.4 Å². The third kappa shape index (κ3) is 5.23. The number of carboxylic acids is 2. The molecule has 2 atom stereocenters. The number of pyridine rings is 2. The van der Waals surface area contributed by atoms with Crippen LogP contribution in [0.3, 0.4) is 0 Å². The second-order valence-corrected chi connectivity index (χ2v) is 11.7. The minimum absolute atomic E-state index is 0.0295. The molecule has 2 fully saturated rings. The van der Waals surface area contributed by atoms with Gasteiger partial charge in [0.2, 0.25) is 0 Å². The second-order valence-electron chi connectivity index (χ2n) is 11.7. The van der Waals surface area contributed by atoms with Gasteiger partial charge in [0, 0.05) is 72.3 Å². The molecule has 4 N–H and O–H groups in total. The molecule has 10 nitrogen and oxygen atoms in total. The van der Waals surface area contributed by atoms with Crippen molar-refractivity contribution in [2.45, 2.75) is 49.6 Å². The number of hydrogen-bond donors (Lipinski definition) is 4. The monoisotopic (exact) mass is 570 g/mol. The van der Waals surface area contributed by atoms with Gasteiger partial charge in [0.25, 0.3) is 0 Å². The fraction of sp³-hybridized carbons (Fsp3) is 0.375. The number of phenols is 2. The van der Waals surface area contributed by atoms with Gasteiger partial charge < -0.3 is 20.4 Å². The Morgan fingerprint density at radius 3 is 1.45 bits per heavy atom. The van der Waals surface area contributed by atoms with Crippen molar-refractivity contribution in [2.75, 3.05) is 26.2 Å². The van der Waals surface area contributed by atoms with Crippen LogP contribution in [0.5, 0.6) is 11.5 Å². The average Bonchev–Trinajstić information content (AvgIpc) is 2.94. The Morgan fingerprint density at radius 1 is 0.667 bits per heavy atom. The van der Waals surface area contributed by atoms with Crippen molar-refractivity contribution in [3.8, 4) is 11.5 Å². The van der Waals surface area contributed by atoms with Gasteiger partial charge in [-0.05, 0) is 37.1 Å². The van der Waals surface area contributed by atoms with E-state index in [9.17, 15) is 30.0 Å². The molecule has 0 bridgehead atoms. The van der Waals surface area contributed by atoms with Crippen molar-refractivity contribution in [1.29, 1.82) is 0 Å². The number of para-hydroxylation sites is 2. The summed E-state index contributed by atoms with van der Waals surface area (Å²) in [7, 11) is 0. The molecule has 2 saturated heterocycles. The first-order valence-electron chi connectivity index (χ1n) is 14.3. The lowest BCUT2D eigenvalue weighted by Crippen LogP contribution is -2.67. The zero-order chi connectivity index (χ0) is 29.5. The third-order valence-electron chi connectivity index (χ3n) is 9.17. The van der Waals surface area contributed by atoms with Gasteiger partial charge >= 0.3 is 11.9 Å². The maximum Gasteiger partial charge on any atom is 0.305 e. The molecule has 4 heterocycles. The van der Waals surface area contributed by atoms with Gasteiger partial charge in [0.05, 0.1) is 12.8 Å². The summed E-state index contributed by atoms with van der Waals surface area (Å²) < 4.78 is 0. The predicted molar refractivity (Wildman–Crippen MR) is 157 cm³/mol. The number of likely N-dealkylation sites (tertiary alicyclic amines) is 2. The summed E-state index contributed by atoms with van der Waals surface area (Å²) in [6.45, 7) is 2.69. The molecule has 218 valence electrons. The molecule has 2 aliphatic rings. The van der Waals surface area contributed by atoms with Gasteiger partial charge in [0.15, 0.2) is 0 Å². The molecular formula is C32H34N4O6. The van der Waals surface area contributed by atoms with E-state index in [1.165, 1.54) is 0 Å². The van der Waals surface area contributed by atoms with Crippen LogP contribution in [0.2, 0.25) is 0 Å². The molecule has 2 aliphatic heterocycles. The number of carboxylic acid groups (broad SMARTS) is 2. The zero-order valence-corrected chi connectivity index (χ0v) is 23.2. The van der Waals surface area contributed by atoms with E-state index >= 15 is 0 Å². The Kier molecular flexibility index (Phi) is 7.20. The maximum absolute atomic E-state index is 12.0. The molecule has 0 radical (unpaired) electrons. The summed E-state index contributed by atoms with van der Waals surface area (Å²) in [6, 6.07) is 18.0. The highest BCUT2D eigenvalue weighted by molar-refractivity contribution is 5.85. The molecule has 10 heteroatoms. The fourth-order valence-electron chi connectivity index (χ4n) is 6.82. The molecule has 2 unspecified atom stereocenters. The minimum Gasteiger partial charge on any atom is -0.506 e. The van der Waals surface area contributed by atoms with Gasteiger partial charge in [-0.25, -0.2) is 9.97 Å². The van der Waals surface area contributed by atoms with Crippen LogP contribution in [0.25, 0.3) is 21.8 Å². The number of hydrogen-bond acceptors (Lipinski definition) is 8. The first-order chi connectivity index (χ1) is 20.2. The van der Waals surface area contributed by atoms with E-state index < -0.39 is 23.0 Å². The largest absolute Gasteiger partial charge is 0.506 e. The lowest BCUT2D eigenvalue weighted by molar-refractivity contribution is -0.148. The highest BCUT2D eigenvalue weighted by Gasteiger charge is 2.49. The summed E-state index contributed by atoms with van der Waals surface area (Å²) in [4.78, 5) is 37.7. The van der Waals surface area contributed by atoms with Gasteiger partial charge in [-0.1, -0.05) is 36.4 Å². The third-order valence-corrected chi connectivity index (χ3v) is 9.17. The standard InChI is InChI=1S/C32H34N4O6/c37-25-5-1-3-21-7-9-23(33-29(21)25)17-31(19-27(39)40)11-13-35(31)15-16-36-14-12-32(36,20-28(41)42)18-24-10-8-22-4-2-6-26(38)30(22)34-24/h1-10,37-38H,11-20H2,(H,39,40)(H,41,42). The van der Waals surface area contributed by atoms with Crippen LogP contribution < -0.4 is 0 Å². The molecule has 6 rings (SSSR count). The summed E-state index contributed by atoms with van der Waals surface area (Å²) in [6.07, 6.45) is 2.24. The van der Waals surface area contributed by atoms with E-state index in [-0.39, 0.29) is 24.3 Å².